The lowest BCUT2D eigenvalue weighted by Crippen LogP contribution is -2.57. The van der Waals surface area contributed by atoms with Gasteiger partial charge in [0, 0.05) is 18.3 Å². The van der Waals surface area contributed by atoms with Crippen LogP contribution in [0.2, 0.25) is 0 Å². The van der Waals surface area contributed by atoms with E-state index in [0.29, 0.717) is 19.3 Å². The molecule has 0 aromatic carbocycles. The third-order valence-corrected chi connectivity index (χ3v) is 5.88. The Kier molecular flexibility index (Phi) is 8.70. The SMILES string of the molecule is CCOC(=O)N1CCCC(NSCC)C1CO[C@H]1CC[C@@H](C)CC1. The molecule has 24 heavy (non-hydrogen) atoms. The van der Waals surface area contributed by atoms with Crippen LogP contribution in [0.25, 0.3) is 0 Å². The summed E-state index contributed by atoms with van der Waals surface area (Å²) in [4.78, 5) is 14.2. The fourth-order valence-electron chi connectivity index (χ4n) is 3.65. The van der Waals surface area contributed by atoms with Gasteiger partial charge in [-0.2, -0.15) is 0 Å². The van der Waals surface area contributed by atoms with E-state index in [2.05, 4.69) is 18.6 Å². The molecule has 5 nitrogen and oxygen atoms in total. The fourth-order valence-corrected chi connectivity index (χ4v) is 4.31. The normalized spacial score (nSPS) is 31.0. The van der Waals surface area contributed by atoms with Crippen LogP contribution in [-0.2, 0) is 9.47 Å². The second kappa shape index (κ2) is 10.5. The summed E-state index contributed by atoms with van der Waals surface area (Å²) in [6.45, 7) is 8.12. The van der Waals surface area contributed by atoms with Gasteiger partial charge in [0.1, 0.15) is 0 Å². The molecule has 1 aliphatic carbocycles. The van der Waals surface area contributed by atoms with Gasteiger partial charge in [-0.05, 0) is 51.4 Å². The van der Waals surface area contributed by atoms with Crippen LogP contribution in [0.3, 0.4) is 0 Å². The van der Waals surface area contributed by atoms with Crippen LogP contribution in [0.1, 0.15) is 59.3 Å². The van der Waals surface area contributed by atoms with Crippen molar-refractivity contribution in [1.29, 1.82) is 0 Å². The van der Waals surface area contributed by atoms with Crippen LogP contribution >= 0.6 is 11.9 Å². The summed E-state index contributed by atoms with van der Waals surface area (Å²) in [5.41, 5.74) is 0. The summed E-state index contributed by atoms with van der Waals surface area (Å²) in [6, 6.07) is 0.340. The topological polar surface area (TPSA) is 50.8 Å². The minimum atomic E-state index is -0.198. The molecule has 2 unspecified atom stereocenters. The van der Waals surface area contributed by atoms with Crippen molar-refractivity contribution in [2.24, 2.45) is 5.92 Å². The highest BCUT2D eigenvalue weighted by atomic mass is 32.2. The lowest BCUT2D eigenvalue weighted by atomic mass is 9.89. The number of nitrogens with one attached hydrogen (secondary N) is 1. The van der Waals surface area contributed by atoms with Crippen LogP contribution in [-0.4, -0.2) is 54.7 Å². The van der Waals surface area contributed by atoms with E-state index in [1.54, 1.807) is 11.9 Å². The van der Waals surface area contributed by atoms with Gasteiger partial charge >= 0.3 is 6.09 Å². The molecule has 1 saturated carbocycles. The second-order valence-electron chi connectivity index (χ2n) is 6.97. The Hall–Kier alpha value is -0.460. The quantitative estimate of drug-likeness (QED) is 0.701. The first-order chi connectivity index (χ1) is 11.7. The van der Waals surface area contributed by atoms with Gasteiger partial charge in [0.2, 0.25) is 0 Å². The van der Waals surface area contributed by atoms with Gasteiger partial charge in [0.15, 0.2) is 0 Å². The number of rotatable bonds is 7. The average Bonchev–Trinajstić information content (AvgIpc) is 2.59. The summed E-state index contributed by atoms with van der Waals surface area (Å²) in [5, 5.41) is 0. The fraction of sp³-hybridized carbons (Fsp3) is 0.944. The van der Waals surface area contributed by atoms with Gasteiger partial charge in [-0.15, -0.1) is 0 Å². The average molecular weight is 359 g/mol. The van der Waals surface area contributed by atoms with E-state index in [4.69, 9.17) is 9.47 Å². The summed E-state index contributed by atoms with van der Waals surface area (Å²) in [7, 11) is 0. The molecule has 2 atom stereocenters. The van der Waals surface area contributed by atoms with Gasteiger partial charge in [0.25, 0.3) is 0 Å². The number of ether oxygens (including phenoxy) is 2. The minimum absolute atomic E-state index is 0.0659. The molecule has 0 aromatic rings. The molecule has 0 bridgehead atoms. The Morgan fingerprint density at radius 2 is 1.96 bits per heavy atom. The summed E-state index contributed by atoms with van der Waals surface area (Å²) >= 11 is 1.72. The number of hydrogen-bond donors (Lipinski definition) is 1. The first-order valence-corrected chi connectivity index (χ1v) is 10.6. The lowest BCUT2D eigenvalue weighted by molar-refractivity contribution is -0.0282. The molecule has 140 valence electrons. The van der Waals surface area contributed by atoms with E-state index in [1.807, 2.05) is 11.8 Å². The minimum Gasteiger partial charge on any atom is -0.450 e. The zero-order chi connectivity index (χ0) is 17.4. The van der Waals surface area contributed by atoms with Gasteiger partial charge in [-0.3, -0.25) is 4.72 Å². The number of piperidine rings is 1. The largest absolute Gasteiger partial charge is 0.450 e. The number of hydrogen-bond acceptors (Lipinski definition) is 5. The first-order valence-electron chi connectivity index (χ1n) is 9.58. The van der Waals surface area contributed by atoms with Crippen LogP contribution < -0.4 is 4.72 Å². The number of amides is 1. The molecule has 2 fully saturated rings. The predicted molar refractivity (Wildman–Crippen MR) is 99.2 cm³/mol. The molecule has 1 saturated heterocycles. The molecule has 2 aliphatic rings. The van der Waals surface area contributed by atoms with E-state index in [1.165, 1.54) is 12.8 Å². The van der Waals surface area contributed by atoms with Crippen LogP contribution in [0, 0.1) is 5.92 Å². The predicted octanol–water partition coefficient (Wildman–Crippen LogP) is 3.83. The zero-order valence-corrected chi connectivity index (χ0v) is 16.3. The molecule has 0 radical (unpaired) electrons. The Balaban J connectivity index is 1.94. The van der Waals surface area contributed by atoms with Crippen molar-refractivity contribution in [1.82, 2.24) is 9.62 Å². The van der Waals surface area contributed by atoms with E-state index in [0.717, 1.165) is 43.9 Å². The van der Waals surface area contributed by atoms with Gasteiger partial charge in [-0.1, -0.05) is 25.8 Å². The molecule has 1 heterocycles. The van der Waals surface area contributed by atoms with E-state index >= 15 is 0 Å². The third-order valence-electron chi connectivity index (χ3n) is 5.13. The maximum Gasteiger partial charge on any atom is 0.410 e. The van der Waals surface area contributed by atoms with E-state index < -0.39 is 0 Å². The highest BCUT2D eigenvalue weighted by molar-refractivity contribution is 7.97. The molecule has 0 spiro atoms. The maximum absolute atomic E-state index is 12.3. The summed E-state index contributed by atoms with van der Waals surface area (Å²) < 4.78 is 15.0. The molecular formula is C18H34N2O3S. The van der Waals surface area contributed by atoms with Crippen molar-refractivity contribution >= 4 is 18.0 Å². The summed E-state index contributed by atoms with van der Waals surface area (Å²) in [5.74, 6) is 1.84. The molecule has 2 rings (SSSR count). The Morgan fingerprint density at radius 1 is 1.21 bits per heavy atom. The highest BCUT2D eigenvalue weighted by Crippen LogP contribution is 2.27. The maximum atomic E-state index is 12.3. The zero-order valence-electron chi connectivity index (χ0n) is 15.5. The van der Waals surface area contributed by atoms with E-state index in [-0.39, 0.29) is 18.2 Å². The number of likely N-dealkylation sites (tertiary alicyclic amines) is 1. The molecule has 1 N–H and O–H groups in total. The standard InChI is InChI=1S/C18H34N2O3S/c1-4-22-18(21)20-12-6-7-16(19-24-5-2)17(20)13-23-15-10-8-14(3)9-11-15/h14-17,19H,4-13H2,1-3H3/t14-,15+,16?,17?. The lowest BCUT2D eigenvalue weighted by Gasteiger charge is -2.41. The van der Waals surface area contributed by atoms with Crippen molar-refractivity contribution in [3.8, 4) is 0 Å². The Morgan fingerprint density at radius 3 is 2.62 bits per heavy atom. The van der Waals surface area contributed by atoms with Crippen LogP contribution in [0.5, 0.6) is 0 Å². The van der Waals surface area contributed by atoms with E-state index in [9.17, 15) is 4.79 Å². The molecule has 0 aromatic heterocycles. The van der Waals surface area contributed by atoms with Gasteiger partial charge in [0.05, 0.1) is 25.4 Å². The monoisotopic (exact) mass is 358 g/mol. The van der Waals surface area contributed by atoms with Gasteiger partial charge < -0.3 is 14.4 Å². The van der Waals surface area contributed by atoms with Crippen molar-refractivity contribution in [3.63, 3.8) is 0 Å². The first kappa shape index (κ1) is 19.9. The molecule has 1 amide bonds. The van der Waals surface area contributed by atoms with Crippen molar-refractivity contribution in [2.75, 3.05) is 25.5 Å². The second-order valence-corrected chi connectivity index (χ2v) is 8.08. The smallest absolute Gasteiger partial charge is 0.410 e. The Bertz CT molecular complexity index is 375. The van der Waals surface area contributed by atoms with Gasteiger partial charge in [-0.25, -0.2) is 4.79 Å². The van der Waals surface area contributed by atoms with Crippen molar-refractivity contribution < 1.29 is 14.3 Å². The van der Waals surface area contributed by atoms with Crippen molar-refractivity contribution in [3.05, 3.63) is 0 Å². The van der Waals surface area contributed by atoms with Crippen LogP contribution in [0.4, 0.5) is 4.79 Å². The molecular weight excluding hydrogens is 324 g/mol. The summed E-state index contributed by atoms with van der Waals surface area (Å²) in [6.07, 6.45) is 7.05. The molecule has 1 aliphatic heterocycles. The number of nitrogens with zero attached hydrogens (tertiary/aromatic N) is 1. The Labute approximate surface area is 151 Å². The highest BCUT2D eigenvalue weighted by Gasteiger charge is 2.36. The number of carbonyl (C=O) groups excluding carboxylic acids is 1. The van der Waals surface area contributed by atoms with Crippen molar-refractivity contribution in [2.45, 2.75) is 77.5 Å². The van der Waals surface area contributed by atoms with Crippen LogP contribution in [0.15, 0.2) is 0 Å². The third kappa shape index (κ3) is 5.81. The molecule has 6 heteroatoms. The number of carbonyl (C=O) groups is 1.